The number of nitrogens with one attached hydrogen (secondary N) is 1. The molecule has 1 aromatic carbocycles. The minimum atomic E-state index is 0.399. The summed E-state index contributed by atoms with van der Waals surface area (Å²) >= 11 is 0. The first-order valence-electron chi connectivity index (χ1n) is 3.89. The maximum atomic E-state index is 5.06. The third kappa shape index (κ3) is 1.42. The molecule has 1 fully saturated rings. The van der Waals surface area contributed by atoms with E-state index in [1.54, 1.807) is 0 Å². The molecule has 1 heterocycles. The highest BCUT2D eigenvalue weighted by atomic mass is 16.7. The topological polar surface area (TPSA) is 21.3 Å². The summed E-state index contributed by atoms with van der Waals surface area (Å²) in [5.41, 5.74) is 4.28. The Hall–Kier alpha value is -0.860. The lowest BCUT2D eigenvalue weighted by Gasteiger charge is -2.06. The van der Waals surface area contributed by atoms with E-state index in [0.29, 0.717) is 6.04 Å². The molecule has 0 aliphatic carbocycles. The Morgan fingerprint density at radius 3 is 2.73 bits per heavy atom. The molecule has 1 aromatic rings. The smallest absolute Gasteiger partial charge is 0.0701 e. The van der Waals surface area contributed by atoms with Gasteiger partial charge in [0.2, 0.25) is 0 Å². The summed E-state index contributed by atoms with van der Waals surface area (Å²) < 4.78 is 0. The minimum Gasteiger partial charge on any atom is -0.301 e. The summed E-state index contributed by atoms with van der Waals surface area (Å²) in [5, 5.41) is 0. The lowest BCUT2D eigenvalue weighted by molar-refractivity contribution is 0.0883. The van der Waals surface area contributed by atoms with Crippen LogP contribution in [0.1, 0.15) is 18.0 Å². The molecule has 1 aliphatic heterocycles. The number of hydrogen-bond acceptors (Lipinski definition) is 2. The third-order valence-corrected chi connectivity index (χ3v) is 1.94. The summed E-state index contributed by atoms with van der Waals surface area (Å²) in [4.78, 5) is 5.06. The van der Waals surface area contributed by atoms with Gasteiger partial charge in [0, 0.05) is 0 Å². The van der Waals surface area contributed by atoms with Crippen LogP contribution in [0.25, 0.3) is 0 Å². The molecular weight excluding hydrogens is 138 g/mol. The molecule has 58 valence electrons. The van der Waals surface area contributed by atoms with Crippen LogP contribution >= 0.6 is 0 Å². The maximum absolute atomic E-state index is 5.06. The summed E-state index contributed by atoms with van der Waals surface area (Å²) in [6, 6.07) is 10.8. The third-order valence-electron chi connectivity index (χ3n) is 1.94. The van der Waals surface area contributed by atoms with Crippen molar-refractivity contribution in [3.8, 4) is 0 Å². The molecule has 2 nitrogen and oxygen atoms in total. The van der Waals surface area contributed by atoms with Gasteiger partial charge in [-0.05, 0) is 12.0 Å². The van der Waals surface area contributed by atoms with Crippen molar-refractivity contribution in [1.29, 1.82) is 0 Å². The number of hydrogen-bond donors (Lipinski definition) is 1. The lowest BCUT2D eigenvalue weighted by Crippen LogP contribution is -2.10. The van der Waals surface area contributed by atoms with Gasteiger partial charge >= 0.3 is 0 Å². The molecule has 2 heteroatoms. The van der Waals surface area contributed by atoms with Crippen LogP contribution in [-0.2, 0) is 4.84 Å². The molecule has 1 saturated heterocycles. The van der Waals surface area contributed by atoms with Crippen molar-refractivity contribution in [2.24, 2.45) is 0 Å². The molecule has 2 rings (SSSR count). The van der Waals surface area contributed by atoms with E-state index in [0.717, 1.165) is 13.0 Å². The second-order valence-electron chi connectivity index (χ2n) is 2.72. The van der Waals surface area contributed by atoms with Gasteiger partial charge in [-0.3, -0.25) is 0 Å². The molecular formula is C9H11NO. The van der Waals surface area contributed by atoms with Gasteiger partial charge in [-0.15, -0.1) is 0 Å². The van der Waals surface area contributed by atoms with Crippen molar-refractivity contribution in [1.82, 2.24) is 5.48 Å². The fourth-order valence-electron chi connectivity index (χ4n) is 1.32. The van der Waals surface area contributed by atoms with Crippen LogP contribution in [0.15, 0.2) is 30.3 Å². The van der Waals surface area contributed by atoms with Gasteiger partial charge in [0.25, 0.3) is 0 Å². The van der Waals surface area contributed by atoms with E-state index in [9.17, 15) is 0 Å². The predicted octanol–water partition coefficient (Wildman–Crippen LogP) is 1.65. The highest BCUT2D eigenvalue weighted by Gasteiger charge is 2.15. The normalized spacial score (nSPS) is 23.8. The Morgan fingerprint density at radius 2 is 2.09 bits per heavy atom. The Bertz CT molecular complexity index is 216. The van der Waals surface area contributed by atoms with Crippen LogP contribution in [0.3, 0.4) is 0 Å². The molecule has 0 saturated carbocycles. The van der Waals surface area contributed by atoms with Gasteiger partial charge in [-0.2, -0.15) is 5.48 Å². The largest absolute Gasteiger partial charge is 0.301 e. The molecule has 0 bridgehead atoms. The summed E-state index contributed by atoms with van der Waals surface area (Å²) in [6.45, 7) is 0.819. The number of benzene rings is 1. The minimum absolute atomic E-state index is 0.399. The first-order chi connectivity index (χ1) is 5.47. The quantitative estimate of drug-likeness (QED) is 0.655. The fourth-order valence-corrected chi connectivity index (χ4v) is 1.32. The zero-order valence-corrected chi connectivity index (χ0v) is 6.29. The van der Waals surface area contributed by atoms with Crippen LogP contribution in [0.2, 0.25) is 0 Å². The highest BCUT2D eigenvalue weighted by Crippen LogP contribution is 2.19. The van der Waals surface area contributed by atoms with Crippen molar-refractivity contribution in [3.63, 3.8) is 0 Å². The number of hydroxylamine groups is 1. The molecule has 0 unspecified atom stereocenters. The van der Waals surface area contributed by atoms with Crippen LogP contribution in [0.5, 0.6) is 0 Å². The van der Waals surface area contributed by atoms with Crippen LogP contribution in [-0.4, -0.2) is 6.61 Å². The molecule has 1 aliphatic rings. The first-order valence-corrected chi connectivity index (χ1v) is 3.89. The van der Waals surface area contributed by atoms with Crippen molar-refractivity contribution < 1.29 is 4.84 Å². The van der Waals surface area contributed by atoms with Gasteiger partial charge in [-0.25, -0.2) is 0 Å². The zero-order chi connectivity index (χ0) is 7.52. The summed E-state index contributed by atoms with van der Waals surface area (Å²) in [7, 11) is 0. The average molecular weight is 149 g/mol. The van der Waals surface area contributed by atoms with E-state index < -0.39 is 0 Å². The Morgan fingerprint density at radius 1 is 1.27 bits per heavy atom. The van der Waals surface area contributed by atoms with E-state index in [1.165, 1.54) is 5.56 Å². The second-order valence-corrected chi connectivity index (χ2v) is 2.72. The van der Waals surface area contributed by atoms with Gasteiger partial charge in [-0.1, -0.05) is 30.3 Å². The average Bonchev–Trinajstić information content (AvgIpc) is 2.58. The van der Waals surface area contributed by atoms with Crippen LogP contribution in [0.4, 0.5) is 0 Å². The lowest BCUT2D eigenvalue weighted by atomic mass is 10.1. The van der Waals surface area contributed by atoms with Crippen LogP contribution in [0, 0.1) is 0 Å². The van der Waals surface area contributed by atoms with Gasteiger partial charge in [0.15, 0.2) is 0 Å². The molecule has 11 heavy (non-hydrogen) atoms. The zero-order valence-electron chi connectivity index (χ0n) is 6.29. The number of rotatable bonds is 1. The molecule has 0 spiro atoms. The second kappa shape index (κ2) is 3.03. The monoisotopic (exact) mass is 149 g/mol. The standard InChI is InChI=1S/C9H11NO/c1-2-4-8(5-3-1)9-6-7-11-10-9/h1-5,9-10H,6-7H2/t9-/m0/s1. The summed E-state index contributed by atoms with van der Waals surface area (Å²) in [5.74, 6) is 0. The van der Waals surface area contributed by atoms with Gasteiger partial charge in [0.05, 0.1) is 12.6 Å². The molecule has 0 amide bonds. The predicted molar refractivity (Wildman–Crippen MR) is 42.9 cm³/mol. The van der Waals surface area contributed by atoms with Crippen LogP contribution < -0.4 is 5.48 Å². The van der Waals surface area contributed by atoms with E-state index in [1.807, 2.05) is 6.07 Å². The van der Waals surface area contributed by atoms with E-state index in [2.05, 4.69) is 29.7 Å². The van der Waals surface area contributed by atoms with Crippen molar-refractivity contribution >= 4 is 0 Å². The molecule has 0 radical (unpaired) electrons. The summed E-state index contributed by atoms with van der Waals surface area (Å²) in [6.07, 6.45) is 1.07. The fraction of sp³-hybridized carbons (Fsp3) is 0.333. The van der Waals surface area contributed by atoms with Crippen molar-refractivity contribution in [2.75, 3.05) is 6.61 Å². The van der Waals surface area contributed by atoms with Gasteiger partial charge < -0.3 is 4.84 Å². The SMILES string of the molecule is c1ccc([C@@H]2CCON2)cc1. The van der Waals surface area contributed by atoms with Gasteiger partial charge in [0.1, 0.15) is 0 Å². The van der Waals surface area contributed by atoms with Crippen molar-refractivity contribution in [2.45, 2.75) is 12.5 Å². The Balaban J connectivity index is 2.16. The van der Waals surface area contributed by atoms with E-state index in [-0.39, 0.29) is 0 Å². The highest BCUT2D eigenvalue weighted by molar-refractivity contribution is 5.18. The van der Waals surface area contributed by atoms with E-state index in [4.69, 9.17) is 4.84 Å². The van der Waals surface area contributed by atoms with Crippen molar-refractivity contribution in [3.05, 3.63) is 35.9 Å². The Kier molecular flexibility index (Phi) is 1.88. The maximum Gasteiger partial charge on any atom is 0.0701 e. The molecule has 1 atom stereocenters. The first kappa shape index (κ1) is 6.83. The molecule has 0 aromatic heterocycles. The van der Waals surface area contributed by atoms with E-state index >= 15 is 0 Å². The Labute approximate surface area is 66.1 Å². The molecule has 1 N–H and O–H groups in total.